The first kappa shape index (κ1) is 14.5. The van der Waals surface area contributed by atoms with Gasteiger partial charge >= 0.3 is 0 Å². The van der Waals surface area contributed by atoms with Gasteiger partial charge in [-0.1, -0.05) is 6.92 Å². The summed E-state index contributed by atoms with van der Waals surface area (Å²) in [6, 6.07) is 0.244. The summed E-state index contributed by atoms with van der Waals surface area (Å²) in [4.78, 5) is 2.41. The van der Waals surface area contributed by atoms with Crippen molar-refractivity contribution >= 4 is 0 Å². The van der Waals surface area contributed by atoms with Gasteiger partial charge in [-0.2, -0.15) is 5.10 Å². The zero-order valence-electron chi connectivity index (χ0n) is 12.3. The summed E-state index contributed by atoms with van der Waals surface area (Å²) >= 11 is 0. The third kappa shape index (κ3) is 3.55. The van der Waals surface area contributed by atoms with Crippen molar-refractivity contribution in [3.63, 3.8) is 0 Å². The van der Waals surface area contributed by atoms with Crippen LogP contribution in [0, 0.1) is 0 Å². The molecule has 2 N–H and O–H groups in total. The number of morpholine rings is 1. The summed E-state index contributed by atoms with van der Waals surface area (Å²) in [7, 11) is 0. The van der Waals surface area contributed by atoms with Crippen LogP contribution in [0.25, 0.3) is 0 Å². The topological polar surface area (TPSA) is 56.3 Å². The summed E-state index contributed by atoms with van der Waals surface area (Å²) in [6.45, 7) is 10.6. The van der Waals surface area contributed by atoms with Gasteiger partial charge in [0.1, 0.15) is 0 Å². The number of nitrogens with zero attached hydrogens (tertiary/aromatic N) is 3. The molecule has 0 aliphatic carbocycles. The Hall–Kier alpha value is -0.910. The van der Waals surface area contributed by atoms with Crippen LogP contribution < -0.4 is 5.73 Å². The molecule has 1 atom stereocenters. The van der Waals surface area contributed by atoms with Gasteiger partial charge < -0.3 is 10.5 Å². The fraction of sp³-hybridized carbons (Fsp3) is 0.786. The normalized spacial score (nSPS) is 21.5. The molecule has 0 aromatic carbocycles. The highest BCUT2D eigenvalue weighted by Gasteiger charge is 2.31. The van der Waals surface area contributed by atoms with E-state index >= 15 is 0 Å². The molecule has 19 heavy (non-hydrogen) atoms. The summed E-state index contributed by atoms with van der Waals surface area (Å²) in [5.41, 5.74) is 7.11. The lowest BCUT2D eigenvalue weighted by Gasteiger charge is -2.41. The molecule has 1 aromatic rings. The van der Waals surface area contributed by atoms with Crippen molar-refractivity contribution in [3.8, 4) is 0 Å². The van der Waals surface area contributed by atoms with Crippen molar-refractivity contribution in [2.45, 2.75) is 45.4 Å². The molecule has 5 heteroatoms. The van der Waals surface area contributed by atoms with Crippen LogP contribution in [0.3, 0.4) is 0 Å². The third-order valence-corrected chi connectivity index (χ3v) is 3.61. The van der Waals surface area contributed by atoms with Gasteiger partial charge in [-0.05, 0) is 20.3 Å². The largest absolute Gasteiger partial charge is 0.373 e. The second-order valence-corrected chi connectivity index (χ2v) is 5.87. The van der Waals surface area contributed by atoms with E-state index in [2.05, 4.69) is 37.0 Å². The Kier molecular flexibility index (Phi) is 4.60. The predicted octanol–water partition coefficient (Wildman–Crippen LogP) is 1.40. The Bertz CT molecular complexity index is 402. The van der Waals surface area contributed by atoms with Gasteiger partial charge in [-0.15, -0.1) is 0 Å². The van der Waals surface area contributed by atoms with E-state index in [9.17, 15) is 0 Å². The summed E-state index contributed by atoms with van der Waals surface area (Å²) in [6.07, 6.45) is 5.18. The molecular formula is C14H26N4O. The van der Waals surface area contributed by atoms with Crippen molar-refractivity contribution in [1.82, 2.24) is 14.7 Å². The average Bonchev–Trinajstić information content (AvgIpc) is 2.78. The van der Waals surface area contributed by atoms with Crippen LogP contribution in [0.1, 0.15) is 38.8 Å². The molecule has 1 aliphatic heterocycles. The Labute approximate surface area is 115 Å². The van der Waals surface area contributed by atoms with Crippen LogP contribution >= 0.6 is 0 Å². The van der Waals surface area contributed by atoms with Crippen LogP contribution in [0.4, 0.5) is 0 Å². The third-order valence-electron chi connectivity index (χ3n) is 3.61. The second-order valence-electron chi connectivity index (χ2n) is 5.87. The maximum atomic E-state index is 5.99. The molecule has 0 saturated carbocycles. The van der Waals surface area contributed by atoms with Gasteiger partial charge in [0, 0.05) is 37.9 Å². The van der Waals surface area contributed by atoms with Gasteiger partial charge in [0.25, 0.3) is 0 Å². The van der Waals surface area contributed by atoms with Crippen molar-refractivity contribution in [3.05, 3.63) is 18.0 Å². The number of nitrogens with two attached hydrogens (primary N) is 1. The van der Waals surface area contributed by atoms with Crippen LogP contribution in [-0.4, -0.2) is 46.5 Å². The van der Waals surface area contributed by atoms with Gasteiger partial charge in [-0.25, -0.2) is 0 Å². The molecule has 0 bridgehead atoms. The van der Waals surface area contributed by atoms with Gasteiger partial charge in [0.05, 0.1) is 24.4 Å². The van der Waals surface area contributed by atoms with Gasteiger partial charge in [0.2, 0.25) is 0 Å². The Morgan fingerprint density at radius 2 is 2.32 bits per heavy atom. The minimum absolute atomic E-state index is 0.0922. The van der Waals surface area contributed by atoms with Crippen molar-refractivity contribution < 1.29 is 4.74 Å². The Balaban J connectivity index is 2.09. The quantitative estimate of drug-likeness (QED) is 0.875. The lowest BCUT2D eigenvalue weighted by atomic mass is 10.0. The standard InChI is InChI=1S/C14H26N4O/c1-4-5-18-10-12(9-16-18)13(8-15)17-6-7-19-14(2,3)11-17/h9-10,13H,4-8,11,15H2,1-3H3. The van der Waals surface area contributed by atoms with E-state index in [-0.39, 0.29) is 11.6 Å². The highest BCUT2D eigenvalue weighted by atomic mass is 16.5. The molecule has 0 radical (unpaired) electrons. The summed E-state index contributed by atoms with van der Waals surface area (Å²) in [5.74, 6) is 0. The first-order chi connectivity index (χ1) is 9.05. The number of hydrogen-bond donors (Lipinski definition) is 1. The lowest BCUT2D eigenvalue weighted by Crippen LogP contribution is -2.50. The highest BCUT2D eigenvalue weighted by Crippen LogP contribution is 2.25. The SMILES string of the molecule is CCCn1cc(C(CN)N2CCOC(C)(C)C2)cn1. The van der Waals surface area contributed by atoms with Crippen molar-refractivity contribution in [1.29, 1.82) is 0 Å². The molecule has 0 amide bonds. The Morgan fingerprint density at radius 3 is 2.95 bits per heavy atom. The molecule has 2 rings (SSSR count). The second kappa shape index (κ2) is 6.03. The molecule has 1 aromatic heterocycles. The minimum atomic E-state index is -0.0922. The number of rotatable bonds is 5. The molecule has 0 spiro atoms. The molecule has 2 heterocycles. The van der Waals surface area contributed by atoms with E-state index in [1.807, 2.05) is 10.9 Å². The van der Waals surface area contributed by atoms with E-state index in [1.165, 1.54) is 5.56 Å². The van der Waals surface area contributed by atoms with Crippen LogP contribution in [0.15, 0.2) is 12.4 Å². The number of ether oxygens (including phenoxy) is 1. The minimum Gasteiger partial charge on any atom is -0.373 e. The molecule has 108 valence electrons. The van der Waals surface area contributed by atoms with Gasteiger partial charge in [-0.3, -0.25) is 9.58 Å². The number of aromatic nitrogens is 2. The van der Waals surface area contributed by atoms with E-state index < -0.39 is 0 Å². The first-order valence-corrected chi connectivity index (χ1v) is 7.16. The lowest BCUT2D eigenvalue weighted by molar-refractivity contribution is -0.0967. The molecule has 1 unspecified atom stereocenters. The fourth-order valence-electron chi connectivity index (χ4n) is 2.72. The van der Waals surface area contributed by atoms with E-state index in [0.29, 0.717) is 6.54 Å². The average molecular weight is 266 g/mol. The maximum absolute atomic E-state index is 5.99. The number of aryl methyl sites for hydroxylation is 1. The van der Waals surface area contributed by atoms with Crippen LogP contribution in [-0.2, 0) is 11.3 Å². The van der Waals surface area contributed by atoms with Crippen molar-refractivity contribution in [2.75, 3.05) is 26.2 Å². The molecule has 1 saturated heterocycles. The molecule has 5 nitrogen and oxygen atoms in total. The van der Waals surface area contributed by atoms with Crippen LogP contribution in [0.5, 0.6) is 0 Å². The fourth-order valence-corrected chi connectivity index (χ4v) is 2.72. The molecular weight excluding hydrogens is 240 g/mol. The number of hydrogen-bond acceptors (Lipinski definition) is 4. The molecule has 1 fully saturated rings. The van der Waals surface area contributed by atoms with E-state index in [1.54, 1.807) is 0 Å². The maximum Gasteiger partial charge on any atom is 0.0753 e. The summed E-state index contributed by atoms with van der Waals surface area (Å²) < 4.78 is 7.77. The zero-order chi connectivity index (χ0) is 13.9. The first-order valence-electron chi connectivity index (χ1n) is 7.16. The predicted molar refractivity (Wildman–Crippen MR) is 75.9 cm³/mol. The van der Waals surface area contributed by atoms with E-state index in [4.69, 9.17) is 10.5 Å². The molecule has 1 aliphatic rings. The van der Waals surface area contributed by atoms with Crippen LogP contribution in [0.2, 0.25) is 0 Å². The zero-order valence-corrected chi connectivity index (χ0v) is 12.3. The highest BCUT2D eigenvalue weighted by molar-refractivity contribution is 5.12. The van der Waals surface area contributed by atoms with E-state index in [0.717, 1.165) is 32.7 Å². The smallest absolute Gasteiger partial charge is 0.0753 e. The Morgan fingerprint density at radius 1 is 1.53 bits per heavy atom. The van der Waals surface area contributed by atoms with Gasteiger partial charge in [0.15, 0.2) is 0 Å². The summed E-state index contributed by atoms with van der Waals surface area (Å²) in [5, 5.41) is 4.41. The van der Waals surface area contributed by atoms with Crippen molar-refractivity contribution in [2.24, 2.45) is 5.73 Å². The monoisotopic (exact) mass is 266 g/mol.